The second-order valence-electron chi connectivity index (χ2n) is 2.36. The van der Waals surface area contributed by atoms with Gasteiger partial charge in [-0.25, -0.2) is 0 Å². The average Bonchev–Trinajstić information content (AvgIpc) is 1.87. The monoisotopic (exact) mass is 157 g/mol. The molecule has 0 aromatic heterocycles. The molecule has 0 fully saturated rings. The first-order valence-electron chi connectivity index (χ1n) is 3.65. The summed E-state index contributed by atoms with van der Waals surface area (Å²) in [7, 11) is 3.81. The third-order valence-corrected chi connectivity index (χ3v) is 0.993. The number of carbonyl (C=O) groups excluding carboxylic acids is 1. The zero-order valence-electron chi connectivity index (χ0n) is 7.33. The van der Waals surface area contributed by atoms with E-state index in [1.54, 1.807) is 13.0 Å². The predicted octanol–water partition coefficient (Wildman–Crippen LogP) is 1.01. The van der Waals surface area contributed by atoms with Crippen LogP contribution in [0.5, 0.6) is 0 Å². The molecule has 3 heteroatoms. The first-order valence-corrected chi connectivity index (χ1v) is 3.65. The maximum Gasteiger partial charge on any atom is 0.309 e. The Morgan fingerprint density at radius 1 is 1.55 bits per heavy atom. The molecule has 0 rings (SSSR count). The van der Waals surface area contributed by atoms with E-state index in [9.17, 15) is 4.79 Å². The average molecular weight is 157 g/mol. The van der Waals surface area contributed by atoms with E-state index in [0.717, 1.165) is 0 Å². The largest absolute Gasteiger partial charge is 0.466 e. The lowest BCUT2D eigenvalue weighted by Gasteiger charge is -2.02. The summed E-state index contributed by atoms with van der Waals surface area (Å²) < 4.78 is 4.71. The number of carbonyl (C=O) groups is 1. The van der Waals surface area contributed by atoms with Crippen molar-refractivity contribution in [3.63, 3.8) is 0 Å². The minimum Gasteiger partial charge on any atom is -0.466 e. The quantitative estimate of drug-likeness (QED) is 0.570. The van der Waals surface area contributed by atoms with Gasteiger partial charge in [-0.2, -0.15) is 0 Å². The van der Waals surface area contributed by atoms with E-state index in [4.69, 9.17) is 4.74 Å². The Labute approximate surface area is 67.6 Å². The van der Waals surface area contributed by atoms with Crippen molar-refractivity contribution in [1.82, 2.24) is 4.90 Å². The molecule has 0 saturated heterocycles. The molecule has 0 aromatic rings. The highest BCUT2D eigenvalue weighted by atomic mass is 16.5. The van der Waals surface area contributed by atoms with Crippen LogP contribution >= 0.6 is 0 Å². The molecule has 0 aromatic carbocycles. The molecule has 0 aliphatic carbocycles. The van der Waals surface area contributed by atoms with Gasteiger partial charge in [-0.05, 0) is 13.1 Å². The Balaban J connectivity index is 3.45. The van der Waals surface area contributed by atoms with Crippen LogP contribution in [0.25, 0.3) is 0 Å². The summed E-state index contributed by atoms with van der Waals surface area (Å²) in [5, 5.41) is 0. The lowest BCUT2D eigenvalue weighted by molar-refractivity contribution is -0.142. The van der Waals surface area contributed by atoms with Crippen LogP contribution < -0.4 is 0 Å². The van der Waals surface area contributed by atoms with Gasteiger partial charge in [-0.1, -0.05) is 6.08 Å². The summed E-state index contributed by atoms with van der Waals surface area (Å²) >= 11 is 0. The number of hydrogen-bond acceptors (Lipinski definition) is 3. The molecule has 0 N–H and O–H groups in total. The molecular formula is C8H15NO2. The highest BCUT2D eigenvalue weighted by Crippen LogP contribution is 1.88. The van der Waals surface area contributed by atoms with Crippen LogP contribution in [-0.2, 0) is 9.53 Å². The highest BCUT2D eigenvalue weighted by molar-refractivity contribution is 5.70. The molecule has 0 atom stereocenters. The number of esters is 1. The number of nitrogens with zero attached hydrogens (tertiary/aromatic N) is 1. The van der Waals surface area contributed by atoms with E-state index < -0.39 is 0 Å². The van der Waals surface area contributed by atoms with E-state index >= 15 is 0 Å². The van der Waals surface area contributed by atoms with Crippen LogP contribution in [0.3, 0.4) is 0 Å². The number of hydrogen-bond donors (Lipinski definition) is 0. The fourth-order valence-corrected chi connectivity index (χ4v) is 0.580. The summed E-state index contributed by atoms with van der Waals surface area (Å²) in [5.74, 6) is -0.175. The molecule has 0 aliphatic heterocycles. The normalized spacial score (nSPS) is 10.1. The van der Waals surface area contributed by atoms with Crippen molar-refractivity contribution in [3.8, 4) is 0 Å². The molecule has 0 spiro atoms. The van der Waals surface area contributed by atoms with E-state index in [1.807, 2.05) is 25.2 Å². The lowest BCUT2D eigenvalue weighted by Crippen LogP contribution is -2.04. The van der Waals surface area contributed by atoms with Gasteiger partial charge in [-0.3, -0.25) is 4.79 Å². The Morgan fingerprint density at radius 3 is 2.64 bits per heavy atom. The van der Waals surface area contributed by atoms with Crippen molar-refractivity contribution < 1.29 is 9.53 Å². The van der Waals surface area contributed by atoms with Crippen molar-refractivity contribution >= 4 is 5.97 Å². The standard InChI is InChI=1S/C8H15NO2/c1-4-11-8(10)6-5-7-9(2)3/h5,7H,4,6H2,1-3H3/b7-5+. The zero-order chi connectivity index (χ0) is 8.69. The second-order valence-corrected chi connectivity index (χ2v) is 2.36. The van der Waals surface area contributed by atoms with Gasteiger partial charge < -0.3 is 9.64 Å². The third kappa shape index (κ3) is 6.90. The Morgan fingerprint density at radius 2 is 2.18 bits per heavy atom. The van der Waals surface area contributed by atoms with E-state index in [2.05, 4.69) is 0 Å². The van der Waals surface area contributed by atoms with Crippen LogP contribution in [0.4, 0.5) is 0 Å². The van der Waals surface area contributed by atoms with Crippen LogP contribution in [0.1, 0.15) is 13.3 Å². The summed E-state index contributed by atoms with van der Waals surface area (Å²) in [5.41, 5.74) is 0. The lowest BCUT2D eigenvalue weighted by atomic mass is 10.4. The highest BCUT2D eigenvalue weighted by Gasteiger charge is 1.95. The second kappa shape index (κ2) is 5.77. The molecule has 0 aliphatic rings. The Bertz CT molecular complexity index is 141. The van der Waals surface area contributed by atoms with Gasteiger partial charge in [0.1, 0.15) is 0 Å². The summed E-state index contributed by atoms with van der Waals surface area (Å²) in [6.45, 7) is 2.25. The first kappa shape index (κ1) is 10.0. The van der Waals surface area contributed by atoms with Gasteiger partial charge in [0, 0.05) is 14.1 Å². The molecule has 64 valence electrons. The van der Waals surface area contributed by atoms with Crippen LogP contribution in [0.2, 0.25) is 0 Å². The first-order chi connectivity index (χ1) is 5.16. The molecule has 0 radical (unpaired) electrons. The maximum atomic E-state index is 10.7. The van der Waals surface area contributed by atoms with Gasteiger partial charge in [-0.15, -0.1) is 0 Å². The smallest absolute Gasteiger partial charge is 0.309 e. The topological polar surface area (TPSA) is 29.5 Å². The SMILES string of the molecule is CCOC(=O)C/C=C/N(C)C. The van der Waals surface area contributed by atoms with E-state index in [-0.39, 0.29) is 5.97 Å². The summed E-state index contributed by atoms with van der Waals surface area (Å²) in [6.07, 6.45) is 3.96. The summed E-state index contributed by atoms with van der Waals surface area (Å²) in [4.78, 5) is 12.6. The van der Waals surface area contributed by atoms with Gasteiger partial charge >= 0.3 is 5.97 Å². The molecule has 3 nitrogen and oxygen atoms in total. The number of rotatable bonds is 4. The van der Waals surface area contributed by atoms with Gasteiger partial charge in [0.25, 0.3) is 0 Å². The fraction of sp³-hybridized carbons (Fsp3) is 0.625. The predicted molar refractivity (Wildman–Crippen MR) is 44.1 cm³/mol. The van der Waals surface area contributed by atoms with Crippen molar-refractivity contribution in [1.29, 1.82) is 0 Å². The van der Waals surface area contributed by atoms with Gasteiger partial charge in [0.15, 0.2) is 0 Å². The van der Waals surface area contributed by atoms with Crippen molar-refractivity contribution in [2.45, 2.75) is 13.3 Å². The van der Waals surface area contributed by atoms with Crippen LogP contribution in [-0.4, -0.2) is 31.6 Å². The van der Waals surface area contributed by atoms with Crippen molar-refractivity contribution in [2.24, 2.45) is 0 Å². The Kier molecular flexibility index (Phi) is 5.25. The summed E-state index contributed by atoms with van der Waals surface area (Å²) in [6, 6.07) is 0. The molecule has 0 saturated carbocycles. The molecule has 0 bridgehead atoms. The molecule has 11 heavy (non-hydrogen) atoms. The third-order valence-electron chi connectivity index (χ3n) is 0.993. The van der Waals surface area contributed by atoms with Crippen LogP contribution in [0.15, 0.2) is 12.3 Å². The fourth-order valence-electron chi connectivity index (χ4n) is 0.580. The van der Waals surface area contributed by atoms with Crippen molar-refractivity contribution in [2.75, 3.05) is 20.7 Å². The molecule has 0 unspecified atom stereocenters. The van der Waals surface area contributed by atoms with Gasteiger partial charge in [0.05, 0.1) is 13.0 Å². The van der Waals surface area contributed by atoms with Crippen LogP contribution in [0, 0.1) is 0 Å². The van der Waals surface area contributed by atoms with Gasteiger partial charge in [0.2, 0.25) is 0 Å². The van der Waals surface area contributed by atoms with E-state index in [0.29, 0.717) is 13.0 Å². The molecular weight excluding hydrogens is 142 g/mol. The molecule has 0 amide bonds. The maximum absolute atomic E-state index is 10.7. The Hall–Kier alpha value is -0.990. The number of ether oxygens (including phenoxy) is 1. The van der Waals surface area contributed by atoms with E-state index in [1.165, 1.54) is 0 Å². The minimum atomic E-state index is -0.175. The van der Waals surface area contributed by atoms with Crippen molar-refractivity contribution in [3.05, 3.63) is 12.3 Å². The minimum absolute atomic E-state index is 0.175. The zero-order valence-corrected chi connectivity index (χ0v) is 7.33. The molecule has 0 heterocycles.